The number of ketones is 1. The van der Waals surface area contributed by atoms with E-state index in [0.717, 1.165) is 5.39 Å². The summed E-state index contributed by atoms with van der Waals surface area (Å²) < 4.78 is 6.36. The van der Waals surface area contributed by atoms with E-state index in [-0.39, 0.29) is 23.0 Å². The van der Waals surface area contributed by atoms with Gasteiger partial charge in [0.2, 0.25) is 0 Å². The Morgan fingerprint density at radius 2 is 2.18 bits per heavy atom. The van der Waals surface area contributed by atoms with Crippen LogP contribution < -0.4 is 5.32 Å². The van der Waals surface area contributed by atoms with Crippen molar-refractivity contribution >= 4 is 57.0 Å². The Bertz CT molecular complexity index is 1180. The first-order valence-electron chi connectivity index (χ1n) is 8.45. The molecule has 6 nitrogen and oxygen atoms in total. The van der Waals surface area contributed by atoms with Gasteiger partial charge < -0.3 is 14.8 Å². The third-order valence-electron chi connectivity index (χ3n) is 4.29. The highest BCUT2D eigenvalue weighted by Gasteiger charge is 2.23. The third-order valence-corrected chi connectivity index (χ3v) is 5.45. The largest absolute Gasteiger partial charge is 0.507 e. The Hall–Kier alpha value is -2.97. The summed E-state index contributed by atoms with van der Waals surface area (Å²) >= 11 is 6.17. The van der Waals surface area contributed by atoms with Gasteiger partial charge in [-0.2, -0.15) is 0 Å². The summed E-state index contributed by atoms with van der Waals surface area (Å²) in [6.45, 7) is 1.74. The summed E-state index contributed by atoms with van der Waals surface area (Å²) in [5.41, 5.74) is 2.23. The van der Waals surface area contributed by atoms with Gasteiger partial charge in [0.15, 0.2) is 5.78 Å². The molecule has 1 aliphatic heterocycles. The van der Waals surface area contributed by atoms with Crippen LogP contribution in [0.5, 0.6) is 5.75 Å². The van der Waals surface area contributed by atoms with Gasteiger partial charge in [0, 0.05) is 35.8 Å². The van der Waals surface area contributed by atoms with E-state index in [9.17, 15) is 14.7 Å². The maximum atomic E-state index is 12.1. The van der Waals surface area contributed by atoms with Crippen LogP contribution in [0.25, 0.3) is 28.2 Å². The maximum Gasteiger partial charge on any atom is 0.263 e. The van der Waals surface area contributed by atoms with Crippen molar-refractivity contribution in [1.29, 1.82) is 0 Å². The molecule has 0 aliphatic carbocycles. The Morgan fingerprint density at radius 3 is 2.89 bits per heavy atom. The van der Waals surface area contributed by atoms with Crippen molar-refractivity contribution < 1.29 is 19.1 Å². The molecule has 1 amide bonds. The molecule has 3 aromatic rings. The zero-order valence-corrected chi connectivity index (χ0v) is 16.3. The van der Waals surface area contributed by atoms with Crippen LogP contribution >= 0.6 is 24.0 Å². The van der Waals surface area contributed by atoms with E-state index in [1.165, 1.54) is 17.8 Å². The number of carbonyl (C=O) groups is 2. The highest BCUT2D eigenvalue weighted by atomic mass is 32.2. The van der Waals surface area contributed by atoms with Gasteiger partial charge in [-0.05, 0) is 23.8 Å². The minimum Gasteiger partial charge on any atom is -0.507 e. The van der Waals surface area contributed by atoms with Crippen molar-refractivity contribution in [3.63, 3.8) is 0 Å². The smallest absolute Gasteiger partial charge is 0.263 e. The molecule has 2 aromatic heterocycles. The molecule has 0 radical (unpaired) electrons. The number of rotatable bonds is 4. The second kappa shape index (κ2) is 7.21. The highest BCUT2D eigenvalue weighted by molar-refractivity contribution is 8.26. The molecule has 8 heteroatoms. The first kappa shape index (κ1) is 18.4. The molecule has 4 rings (SSSR count). The minimum atomic E-state index is -0.255. The van der Waals surface area contributed by atoms with Crippen molar-refractivity contribution in [2.24, 2.45) is 0 Å². The highest BCUT2D eigenvalue weighted by Crippen LogP contribution is 2.34. The number of thiocarbonyl (C=S) groups is 1. The molecular weight excluding hydrogens is 396 g/mol. The quantitative estimate of drug-likeness (QED) is 0.377. The van der Waals surface area contributed by atoms with Crippen molar-refractivity contribution in [3.05, 3.63) is 52.9 Å². The van der Waals surface area contributed by atoms with Gasteiger partial charge in [-0.25, -0.2) is 0 Å². The summed E-state index contributed by atoms with van der Waals surface area (Å²) in [6, 6.07) is 6.62. The molecule has 1 fully saturated rings. The van der Waals surface area contributed by atoms with Crippen LogP contribution in [-0.4, -0.2) is 26.1 Å². The summed E-state index contributed by atoms with van der Waals surface area (Å²) in [7, 11) is 0. The summed E-state index contributed by atoms with van der Waals surface area (Å²) in [6.07, 6.45) is 5.22. The molecule has 3 heterocycles. The monoisotopic (exact) mass is 410 g/mol. The lowest BCUT2D eigenvalue weighted by Crippen LogP contribution is -2.17. The molecule has 28 heavy (non-hydrogen) atoms. The van der Waals surface area contributed by atoms with Gasteiger partial charge in [0.25, 0.3) is 5.91 Å². The zero-order chi connectivity index (χ0) is 19.8. The number of furan rings is 1. The van der Waals surface area contributed by atoms with Gasteiger partial charge in [-0.3, -0.25) is 14.6 Å². The Labute approximate surface area is 169 Å². The number of carbonyl (C=O) groups excluding carboxylic acids is 2. The number of nitrogens with zero attached hydrogens (tertiary/aromatic N) is 1. The molecule has 0 saturated carbocycles. The first-order valence-corrected chi connectivity index (χ1v) is 9.67. The van der Waals surface area contributed by atoms with E-state index in [1.807, 2.05) is 0 Å². The number of Topliss-reactive ketones (excluding diaryl/α,β-unsaturated/α-hetero) is 1. The predicted octanol–water partition coefficient (Wildman–Crippen LogP) is 4.28. The van der Waals surface area contributed by atoms with Crippen molar-refractivity contribution in [1.82, 2.24) is 10.3 Å². The fourth-order valence-corrected chi connectivity index (χ4v) is 3.95. The second-order valence-corrected chi connectivity index (χ2v) is 7.83. The number of thioether (sulfide) groups is 1. The fourth-order valence-electron chi connectivity index (χ4n) is 2.93. The Morgan fingerprint density at radius 1 is 1.36 bits per heavy atom. The van der Waals surface area contributed by atoms with Gasteiger partial charge in [0.1, 0.15) is 21.4 Å². The normalized spacial score (nSPS) is 15.4. The van der Waals surface area contributed by atoms with E-state index in [2.05, 4.69) is 10.3 Å². The number of aromatic nitrogens is 1. The topological polar surface area (TPSA) is 92.4 Å². The molecule has 0 bridgehead atoms. The van der Waals surface area contributed by atoms with Crippen LogP contribution in [0.2, 0.25) is 0 Å². The van der Waals surface area contributed by atoms with Gasteiger partial charge in [-0.15, -0.1) is 0 Å². The number of pyridine rings is 1. The number of aromatic hydroxyl groups is 1. The maximum absolute atomic E-state index is 12.1. The number of hydrogen-bond donors (Lipinski definition) is 2. The predicted molar refractivity (Wildman–Crippen MR) is 112 cm³/mol. The van der Waals surface area contributed by atoms with Gasteiger partial charge in [-0.1, -0.05) is 37.0 Å². The van der Waals surface area contributed by atoms with Crippen LogP contribution in [0.3, 0.4) is 0 Å². The summed E-state index contributed by atoms with van der Waals surface area (Å²) in [5, 5.41) is 13.3. The van der Waals surface area contributed by atoms with Crippen LogP contribution in [-0.2, 0) is 4.79 Å². The molecule has 2 N–H and O–H groups in total. The van der Waals surface area contributed by atoms with Crippen LogP contribution in [0, 0.1) is 0 Å². The molecule has 0 atom stereocenters. The number of amides is 1. The van der Waals surface area contributed by atoms with Gasteiger partial charge >= 0.3 is 0 Å². The fraction of sp³-hybridized carbons (Fsp3) is 0.100. The van der Waals surface area contributed by atoms with E-state index >= 15 is 0 Å². The molecule has 1 aliphatic rings. The lowest BCUT2D eigenvalue weighted by Gasteiger charge is -2.07. The summed E-state index contributed by atoms with van der Waals surface area (Å²) in [4.78, 5) is 28.6. The lowest BCUT2D eigenvalue weighted by molar-refractivity contribution is -0.115. The van der Waals surface area contributed by atoms with Crippen molar-refractivity contribution in [2.75, 3.05) is 0 Å². The Kier molecular flexibility index (Phi) is 4.74. The van der Waals surface area contributed by atoms with Crippen molar-refractivity contribution in [3.8, 4) is 16.9 Å². The number of fused-ring (bicyclic) bond motifs is 1. The number of phenols is 1. The standard InChI is InChI=1S/C20H14N2O4S2/c1-2-15(23)13-6-10(3-4-16(13)24)14-9-21-8-11-5-12(26-18(11)14)7-17-19(25)22-20(27)28-17/h3-9,24H,2H2,1H3,(H,22,25,27)/b17-7-. The van der Waals surface area contributed by atoms with E-state index < -0.39 is 0 Å². The number of hydrogen-bond acceptors (Lipinski definition) is 7. The van der Waals surface area contributed by atoms with E-state index in [4.69, 9.17) is 16.6 Å². The van der Waals surface area contributed by atoms with Crippen LogP contribution in [0.1, 0.15) is 29.5 Å². The van der Waals surface area contributed by atoms with Crippen LogP contribution in [0.15, 0.2) is 46.0 Å². The van der Waals surface area contributed by atoms with Gasteiger partial charge in [0.05, 0.1) is 10.5 Å². The Balaban J connectivity index is 1.80. The number of benzene rings is 1. The lowest BCUT2D eigenvalue weighted by atomic mass is 10.00. The van der Waals surface area contributed by atoms with Crippen molar-refractivity contribution in [2.45, 2.75) is 13.3 Å². The SMILES string of the molecule is CCC(=O)c1cc(-c2cncc3cc(/C=C4\SC(=S)NC4=O)oc23)ccc1O. The average molecular weight is 410 g/mol. The number of phenolic OH excluding ortho intramolecular Hbond substituents is 1. The second-order valence-electron chi connectivity index (χ2n) is 6.12. The van der Waals surface area contributed by atoms with Crippen LogP contribution in [0.4, 0.5) is 0 Å². The number of nitrogens with one attached hydrogen (secondary N) is 1. The zero-order valence-electron chi connectivity index (χ0n) is 14.7. The molecule has 1 saturated heterocycles. The third kappa shape index (κ3) is 3.32. The molecule has 0 unspecified atom stereocenters. The molecule has 1 aromatic carbocycles. The van der Waals surface area contributed by atoms with E-state index in [0.29, 0.717) is 38.1 Å². The first-order chi connectivity index (χ1) is 13.5. The summed E-state index contributed by atoms with van der Waals surface area (Å²) in [5.74, 6) is 0.0377. The van der Waals surface area contributed by atoms with E-state index in [1.54, 1.807) is 43.6 Å². The molecule has 140 valence electrons. The molecular formula is C20H14N2O4S2. The molecule has 0 spiro atoms. The minimum absolute atomic E-state index is 0.0548. The average Bonchev–Trinajstić information content (AvgIpc) is 3.23.